The number of aryl methyl sites for hydroxylation is 1. The third-order valence-electron chi connectivity index (χ3n) is 6.65. The van der Waals surface area contributed by atoms with E-state index in [0.717, 1.165) is 44.0 Å². The Kier molecular flexibility index (Phi) is 7.64. The van der Waals surface area contributed by atoms with E-state index in [4.69, 9.17) is 14.2 Å². The number of methoxy groups -OCH3 is 2. The van der Waals surface area contributed by atoms with Gasteiger partial charge in [0.1, 0.15) is 17.8 Å². The first-order valence-electron chi connectivity index (χ1n) is 10.8. The monoisotopic (exact) mass is 450 g/mol. The van der Waals surface area contributed by atoms with Crippen molar-refractivity contribution in [1.29, 1.82) is 0 Å². The van der Waals surface area contributed by atoms with Crippen molar-refractivity contribution in [2.75, 3.05) is 14.2 Å². The summed E-state index contributed by atoms with van der Waals surface area (Å²) >= 11 is 0.680. The van der Waals surface area contributed by atoms with Gasteiger partial charge < -0.3 is 24.3 Å². The molecule has 170 valence electrons. The number of carbonyl (C=O) groups excluding carboxylic acids is 2. The fraction of sp³-hybridized carbons (Fsp3) is 0.652. The number of hydrogen-bond donors (Lipinski definition) is 1. The van der Waals surface area contributed by atoms with Gasteiger partial charge in [-0.3, -0.25) is 4.79 Å². The summed E-state index contributed by atoms with van der Waals surface area (Å²) in [5.74, 6) is 0.505. The Morgan fingerprint density at radius 2 is 1.87 bits per heavy atom. The second-order valence-electron chi connectivity index (χ2n) is 8.82. The maximum atomic E-state index is 13.1. The average Bonchev–Trinajstić information content (AvgIpc) is 3.17. The molecule has 1 N–H and O–H groups in total. The number of rotatable bonds is 8. The summed E-state index contributed by atoms with van der Waals surface area (Å²) in [6.45, 7) is 3.92. The molecule has 0 saturated heterocycles. The van der Waals surface area contributed by atoms with Gasteiger partial charge in [-0.2, -0.15) is 0 Å². The van der Waals surface area contributed by atoms with Gasteiger partial charge in [0.05, 0.1) is 30.9 Å². The molecular formula is C23H32NO6S+. The fourth-order valence-corrected chi connectivity index (χ4v) is 4.96. The zero-order valence-electron chi connectivity index (χ0n) is 18.6. The van der Waals surface area contributed by atoms with E-state index in [2.05, 4.69) is 5.32 Å². The molecule has 0 unspecified atom stereocenters. The van der Waals surface area contributed by atoms with Gasteiger partial charge in [-0.25, -0.2) is 0 Å². The Bertz CT molecular complexity index is 821. The molecule has 0 heterocycles. The third kappa shape index (κ3) is 5.23. The minimum atomic E-state index is -0.369. The molecule has 1 amide bonds. The molecule has 2 aliphatic rings. The first-order valence-corrected chi connectivity index (χ1v) is 11.5. The van der Waals surface area contributed by atoms with Crippen LogP contribution in [0.1, 0.15) is 61.4 Å². The van der Waals surface area contributed by atoms with Gasteiger partial charge in [-0.05, 0) is 50.3 Å². The van der Waals surface area contributed by atoms with Gasteiger partial charge in [0.25, 0.3) is 5.91 Å². The molecule has 3 rings (SSSR count). The zero-order chi connectivity index (χ0) is 22.6. The summed E-state index contributed by atoms with van der Waals surface area (Å²) in [5.41, 5.74) is 1.24. The largest absolute Gasteiger partial charge is 0.496 e. The number of amides is 1. The van der Waals surface area contributed by atoms with Crippen LogP contribution in [0.5, 0.6) is 11.5 Å². The Labute approximate surface area is 187 Å². The molecule has 2 fully saturated rings. The summed E-state index contributed by atoms with van der Waals surface area (Å²) in [6.07, 6.45) is 5.35. The second kappa shape index (κ2) is 10.0. The maximum absolute atomic E-state index is 13.1. The fourth-order valence-electron chi connectivity index (χ4n) is 4.56. The normalized spacial score (nSPS) is 30.5. The van der Waals surface area contributed by atoms with Gasteiger partial charge in [-0.15, -0.1) is 0 Å². The minimum Gasteiger partial charge on any atom is -0.496 e. The summed E-state index contributed by atoms with van der Waals surface area (Å²) in [6, 6.07) is 3.14. The highest BCUT2D eigenvalue weighted by Crippen LogP contribution is 2.35. The topological polar surface area (TPSA) is 90.9 Å². The summed E-state index contributed by atoms with van der Waals surface area (Å²) < 4.78 is 28.3. The van der Waals surface area contributed by atoms with E-state index in [1.807, 2.05) is 13.8 Å². The number of nitrogens with one attached hydrogen (secondary N) is 1. The van der Waals surface area contributed by atoms with E-state index in [0.29, 0.717) is 35.1 Å². The third-order valence-corrected chi connectivity index (χ3v) is 7.46. The molecule has 0 aromatic heterocycles. The van der Waals surface area contributed by atoms with Gasteiger partial charge in [0.2, 0.25) is 4.75 Å². The van der Waals surface area contributed by atoms with E-state index in [1.54, 1.807) is 19.2 Å². The summed E-state index contributed by atoms with van der Waals surface area (Å²) in [7, 11) is 3.12. The van der Waals surface area contributed by atoms with Crippen LogP contribution in [0.4, 0.5) is 0 Å². The van der Waals surface area contributed by atoms with Crippen LogP contribution in [0.15, 0.2) is 12.1 Å². The Balaban J connectivity index is 1.78. The molecule has 8 heteroatoms. The lowest BCUT2D eigenvalue weighted by molar-refractivity contribution is -0.111. The molecule has 1 aromatic carbocycles. The first kappa shape index (κ1) is 23.6. The standard InChI is InChI=1S/C23H31NO6S/c1-14-11-20(29-4)17(22(26)24-21-15(13-25)5-6-18(21)28-3)12-19(14)30-16-7-9-23(2,31-27)10-8-16/h11-13,15-16,18,21H,5-10H2,1-4H3/p+1/t15-,16?,18-,21+,23?/m1/s1. The zero-order valence-corrected chi connectivity index (χ0v) is 19.5. The smallest absolute Gasteiger partial charge is 0.465 e. The average molecular weight is 451 g/mol. The van der Waals surface area contributed by atoms with Crippen molar-refractivity contribution in [2.45, 2.75) is 75.4 Å². The van der Waals surface area contributed by atoms with Crippen LogP contribution in [0.25, 0.3) is 0 Å². The van der Waals surface area contributed by atoms with E-state index in [1.165, 1.54) is 7.11 Å². The van der Waals surface area contributed by atoms with Gasteiger partial charge in [0.15, 0.2) is 0 Å². The quantitative estimate of drug-likeness (QED) is 0.483. The lowest BCUT2D eigenvalue weighted by Crippen LogP contribution is -2.45. The molecule has 2 aliphatic carbocycles. The lowest BCUT2D eigenvalue weighted by Gasteiger charge is -2.28. The predicted molar refractivity (Wildman–Crippen MR) is 118 cm³/mol. The highest BCUT2D eigenvalue weighted by Gasteiger charge is 2.43. The van der Waals surface area contributed by atoms with Crippen LogP contribution in [-0.4, -0.2) is 49.4 Å². The molecular weight excluding hydrogens is 418 g/mol. The van der Waals surface area contributed by atoms with Gasteiger partial charge >= 0.3 is 11.7 Å². The van der Waals surface area contributed by atoms with E-state index >= 15 is 0 Å². The van der Waals surface area contributed by atoms with E-state index in [-0.39, 0.29) is 34.8 Å². The van der Waals surface area contributed by atoms with Crippen LogP contribution < -0.4 is 14.8 Å². The van der Waals surface area contributed by atoms with Crippen LogP contribution in [0.2, 0.25) is 0 Å². The number of benzene rings is 1. The molecule has 2 saturated carbocycles. The van der Waals surface area contributed by atoms with Crippen molar-refractivity contribution in [1.82, 2.24) is 5.32 Å². The van der Waals surface area contributed by atoms with Crippen molar-refractivity contribution in [3.05, 3.63) is 23.3 Å². The van der Waals surface area contributed by atoms with Gasteiger partial charge in [0, 0.05) is 37.0 Å². The lowest BCUT2D eigenvalue weighted by atomic mass is 9.88. The number of aldehydes is 1. The first-order chi connectivity index (χ1) is 14.8. The molecule has 1 aromatic rings. The van der Waals surface area contributed by atoms with Crippen molar-refractivity contribution in [3.63, 3.8) is 0 Å². The highest BCUT2D eigenvalue weighted by molar-refractivity contribution is 7.67. The molecule has 31 heavy (non-hydrogen) atoms. The van der Waals surface area contributed by atoms with Crippen molar-refractivity contribution >= 4 is 23.9 Å². The molecule has 0 radical (unpaired) electrons. The van der Waals surface area contributed by atoms with Crippen LogP contribution >= 0.6 is 0 Å². The maximum Gasteiger partial charge on any atom is 0.465 e. The van der Waals surface area contributed by atoms with E-state index in [9.17, 15) is 13.8 Å². The van der Waals surface area contributed by atoms with E-state index < -0.39 is 0 Å². The Morgan fingerprint density at radius 3 is 2.45 bits per heavy atom. The van der Waals surface area contributed by atoms with Crippen molar-refractivity contribution < 1.29 is 28.0 Å². The van der Waals surface area contributed by atoms with Gasteiger partial charge in [-0.1, -0.05) is 0 Å². The molecule has 0 bridgehead atoms. The minimum absolute atomic E-state index is 0.00961. The SMILES string of the molecule is COc1cc(C)c(OC2CCC(C)([S+]=O)CC2)cc1C(=O)N[C@H]1[C@@H](C=O)CC[C@H]1OC. The molecule has 0 spiro atoms. The van der Waals surface area contributed by atoms with Crippen molar-refractivity contribution in [3.8, 4) is 11.5 Å². The Morgan fingerprint density at radius 1 is 1.16 bits per heavy atom. The molecule has 7 nitrogen and oxygen atoms in total. The van der Waals surface area contributed by atoms with Crippen LogP contribution in [-0.2, 0) is 25.4 Å². The number of hydrogen-bond acceptors (Lipinski definition) is 6. The second-order valence-corrected chi connectivity index (χ2v) is 9.97. The molecule has 3 atom stereocenters. The summed E-state index contributed by atoms with van der Waals surface area (Å²) in [4.78, 5) is 24.6. The number of carbonyl (C=O) groups is 2. The highest BCUT2D eigenvalue weighted by atomic mass is 32.1. The Hall–Kier alpha value is -2.06. The predicted octanol–water partition coefficient (Wildman–Crippen LogP) is 3.23. The van der Waals surface area contributed by atoms with Crippen LogP contribution in [0, 0.1) is 12.8 Å². The van der Waals surface area contributed by atoms with Crippen molar-refractivity contribution in [2.24, 2.45) is 5.92 Å². The number of ether oxygens (including phenoxy) is 3. The van der Waals surface area contributed by atoms with Crippen LogP contribution in [0.3, 0.4) is 0 Å². The molecule has 0 aliphatic heterocycles. The summed E-state index contributed by atoms with van der Waals surface area (Å²) in [5, 5.41) is 2.97.